The number of anilines is 1. The highest BCUT2D eigenvalue weighted by molar-refractivity contribution is 6.40. The molecule has 0 bridgehead atoms. The van der Waals surface area contributed by atoms with Crippen molar-refractivity contribution in [3.63, 3.8) is 0 Å². The third-order valence-electron chi connectivity index (χ3n) is 3.91. The molecule has 0 saturated carbocycles. The van der Waals surface area contributed by atoms with Crippen molar-refractivity contribution in [3.05, 3.63) is 84.2 Å². The molecule has 0 saturated heterocycles. The van der Waals surface area contributed by atoms with Gasteiger partial charge in [-0.2, -0.15) is 0 Å². The smallest absolute Gasteiger partial charge is 0.274 e. The summed E-state index contributed by atoms with van der Waals surface area (Å²) in [6, 6.07) is 18.4. The Morgan fingerprint density at radius 2 is 1.82 bits per heavy atom. The van der Waals surface area contributed by atoms with Crippen LogP contribution in [-0.2, 0) is 0 Å². The fraction of sp³-hybridized carbons (Fsp3) is 0.130. The Morgan fingerprint density at radius 3 is 2.46 bits per heavy atom. The number of aromatic nitrogens is 1. The van der Waals surface area contributed by atoms with Gasteiger partial charge in [0.25, 0.3) is 5.91 Å². The molecule has 3 aromatic rings. The summed E-state index contributed by atoms with van der Waals surface area (Å²) < 4.78 is 1.06. The average molecular weight is 391 g/mol. The van der Waals surface area contributed by atoms with E-state index in [1.807, 2.05) is 42.5 Å². The first-order chi connectivity index (χ1) is 13.4. The fourth-order valence-corrected chi connectivity index (χ4v) is 2.91. The first-order valence-corrected chi connectivity index (χ1v) is 9.05. The van der Waals surface area contributed by atoms with Crippen LogP contribution in [0.2, 0.25) is 0 Å². The predicted octanol–water partition coefficient (Wildman–Crippen LogP) is 4.67. The molecule has 0 atom stereocenters. The maximum Gasteiger partial charge on any atom is 0.274 e. The molecule has 0 radical (unpaired) electrons. The lowest BCUT2D eigenvalue weighted by molar-refractivity contribution is 0.100. The molecule has 4 nitrogen and oxygen atoms in total. The molecular formula is C23H19ClN2O2. The van der Waals surface area contributed by atoms with E-state index in [4.69, 9.17) is 11.8 Å². The Labute approximate surface area is 169 Å². The normalized spacial score (nSPS) is 10.7. The molecule has 0 spiro atoms. The van der Waals surface area contributed by atoms with Crippen LogP contribution in [0.3, 0.4) is 0 Å². The van der Waals surface area contributed by atoms with Gasteiger partial charge < -0.3 is 5.11 Å². The zero-order valence-corrected chi connectivity index (χ0v) is 16.3. The quantitative estimate of drug-likeness (QED) is 0.522. The van der Waals surface area contributed by atoms with Crippen LogP contribution in [0.25, 0.3) is 11.1 Å². The average Bonchev–Trinajstić information content (AvgIpc) is 2.71. The van der Waals surface area contributed by atoms with E-state index in [9.17, 15) is 9.90 Å². The molecule has 140 valence electrons. The molecule has 1 amide bonds. The SMILES string of the molecule is CC(C)(O)C#Cc1cccc(-c2ccccc2)c1N(Cl)C(=O)c1cccnc1. The van der Waals surface area contributed by atoms with E-state index >= 15 is 0 Å². The van der Waals surface area contributed by atoms with Crippen LogP contribution in [0.1, 0.15) is 29.8 Å². The molecule has 28 heavy (non-hydrogen) atoms. The van der Waals surface area contributed by atoms with Crippen molar-refractivity contribution in [1.82, 2.24) is 4.98 Å². The Balaban J connectivity index is 2.17. The van der Waals surface area contributed by atoms with Crippen molar-refractivity contribution in [2.24, 2.45) is 0 Å². The standard InChI is InChI=1S/C23H19ClN2O2/c1-23(2,28)14-13-18-10-6-12-20(17-8-4-3-5-9-17)21(18)26(24)22(27)19-11-7-15-25-16-19/h3-12,15-16,28H,1-2H3. The van der Waals surface area contributed by atoms with E-state index in [0.717, 1.165) is 15.5 Å². The second-order valence-electron chi connectivity index (χ2n) is 6.70. The molecule has 3 rings (SSSR count). The number of carbonyl (C=O) groups is 1. The van der Waals surface area contributed by atoms with Gasteiger partial charge in [0, 0.05) is 29.7 Å². The summed E-state index contributed by atoms with van der Waals surface area (Å²) in [5, 5.41) is 9.99. The number of carbonyl (C=O) groups excluding carboxylic acids is 1. The van der Waals surface area contributed by atoms with Crippen LogP contribution in [0.4, 0.5) is 5.69 Å². The molecule has 1 aromatic heterocycles. The zero-order valence-electron chi connectivity index (χ0n) is 15.6. The van der Waals surface area contributed by atoms with Gasteiger partial charge in [0.2, 0.25) is 0 Å². The Bertz CT molecular complexity index is 1030. The van der Waals surface area contributed by atoms with Crippen molar-refractivity contribution in [3.8, 4) is 23.0 Å². The number of halogens is 1. The number of nitrogens with zero attached hydrogens (tertiary/aromatic N) is 2. The van der Waals surface area contributed by atoms with Crippen molar-refractivity contribution < 1.29 is 9.90 Å². The third-order valence-corrected chi connectivity index (χ3v) is 4.23. The van der Waals surface area contributed by atoms with E-state index < -0.39 is 11.5 Å². The number of hydrogen-bond donors (Lipinski definition) is 1. The first kappa shape index (κ1) is 19.6. The largest absolute Gasteiger partial charge is 0.378 e. The van der Waals surface area contributed by atoms with Crippen LogP contribution in [0.5, 0.6) is 0 Å². The minimum absolute atomic E-state index is 0.363. The van der Waals surface area contributed by atoms with Gasteiger partial charge in [0.05, 0.1) is 16.8 Å². The Morgan fingerprint density at radius 1 is 1.07 bits per heavy atom. The molecule has 1 heterocycles. The van der Waals surface area contributed by atoms with Gasteiger partial charge >= 0.3 is 0 Å². The lowest BCUT2D eigenvalue weighted by atomic mass is 9.99. The fourth-order valence-electron chi connectivity index (χ4n) is 2.63. The second kappa shape index (κ2) is 8.26. The van der Waals surface area contributed by atoms with Gasteiger partial charge in [-0.05, 0) is 37.6 Å². The molecule has 2 aromatic carbocycles. The van der Waals surface area contributed by atoms with Crippen molar-refractivity contribution >= 4 is 23.4 Å². The first-order valence-electron chi connectivity index (χ1n) is 8.71. The molecular weight excluding hydrogens is 372 g/mol. The van der Waals surface area contributed by atoms with E-state index in [1.165, 1.54) is 6.20 Å². The highest BCUT2D eigenvalue weighted by Crippen LogP contribution is 2.35. The monoisotopic (exact) mass is 390 g/mol. The van der Waals surface area contributed by atoms with Gasteiger partial charge in [-0.15, -0.1) is 0 Å². The van der Waals surface area contributed by atoms with Crippen molar-refractivity contribution in [2.75, 3.05) is 4.42 Å². The molecule has 0 aliphatic carbocycles. The van der Waals surface area contributed by atoms with Crippen molar-refractivity contribution in [2.45, 2.75) is 19.4 Å². The molecule has 0 aliphatic heterocycles. The zero-order chi connectivity index (χ0) is 20.1. The van der Waals surface area contributed by atoms with E-state index in [1.54, 1.807) is 38.2 Å². The minimum Gasteiger partial charge on any atom is -0.378 e. The van der Waals surface area contributed by atoms with Crippen LogP contribution < -0.4 is 4.42 Å². The number of para-hydroxylation sites is 1. The van der Waals surface area contributed by atoms with Crippen LogP contribution in [0, 0.1) is 11.8 Å². The van der Waals surface area contributed by atoms with Gasteiger partial charge in [-0.1, -0.05) is 54.3 Å². The molecule has 0 fully saturated rings. The van der Waals surface area contributed by atoms with Gasteiger partial charge in [0.1, 0.15) is 5.60 Å². The molecule has 0 aliphatic rings. The summed E-state index contributed by atoms with van der Waals surface area (Å²) in [5.41, 5.74) is 1.84. The predicted molar refractivity (Wildman–Crippen MR) is 112 cm³/mol. The topological polar surface area (TPSA) is 53.4 Å². The van der Waals surface area contributed by atoms with Crippen LogP contribution >= 0.6 is 11.8 Å². The Kier molecular flexibility index (Phi) is 5.79. The van der Waals surface area contributed by atoms with Gasteiger partial charge in [0.15, 0.2) is 0 Å². The molecule has 1 N–H and O–H groups in total. The third kappa shape index (κ3) is 4.58. The summed E-state index contributed by atoms with van der Waals surface area (Å²) in [6.07, 6.45) is 3.05. The molecule has 0 unspecified atom stereocenters. The van der Waals surface area contributed by atoms with Crippen LogP contribution in [-0.4, -0.2) is 21.6 Å². The number of pyridine rings is 1. The highest BCUT2D eigenvalue weighted by Gasteiger charge is 2.22. The number of aliphatic hydroxyl groups is 1. The van der Waals surface area contributed by atoms with E-state index in [2.05, 4.69) is 16.8 Å². The lowest BCUT2D eigenvalue weighted by Crippen LogP contribution is -2.22. The number of benzene rings is 2. The summed E-state index contributed by atoms with van der Waals surface area (Å²) in [7, 11) is 0. The lowest BCUT2D eigenvalue weighted by Gasteiger charge is -2.20. The summed E-state index contributed by atoms with van der Waals surface area (Å²) in [4.78, 5) is 16.9. The minimum atomic E-state index is -1.18. The highest BCUT2D eigenvalue weighted by atomic mass is 35.5. The summed E-state index contributed by atoms with van der Waals surface area (Å²) in [6.45, 7) is 3.19. The number of amides is 1. The van der Waals surface area contributed by atoms with E-state index in [0.29, 0.717) is 16.8 Å². The van der Waals surface area contributed by atoms with Gasteiger partial charge in [-0.25, -0.2) is 4.42 Å². The molecule has 5 heteroatoms. The Hall–Kier alpha value is -3.13. The maximum atomic E-state index is 12.9. The van der Waals surface area contributed by atoms with E-state index in [-0.39, 0.29) is 0 Å². The van der Waals surface area contributed by atoms with Gasteiger partial charge in [-0.3, -0.25) is 9.78 Å². The van der Waals surface area contributed by atoms with Crippen molar-refractivity contribution in [1.29, 1.82) is 0 Å². The number of rotatable bonds is 3. The number of hydrogen-bond acceptors (Lipinski definition) is 3. The maximum absolute atomic E-state index is 12.9. The second-order valence-corrected chi connectivity index (χ2v) is 7.04. The van der Waals surface area contributed by atoms with Crippen LogP contribution in [0.15, 0.2) is 73.1 Å². The summed E-state index contributed by atoms with van der Waals surface area (Å²) >= 11 is 6.53. The summed E-state index contributed by atoms with van der Waals surface area (Å²) in [5.74, 6) is 5.33.